The number of hydrogen-bond acceptors (Lipinski definition) is 4. The highest BCUT2D eigenvalue weighted by atomic mass is 16.5. The highest BCUT2D eigenvalue weighted by Crippen LogP contribution is 2.25. The summed E-state index contributed by atoms with van der Waals surface area (Å²) in [4.78, 5) is 23.5. The average molecular weight is 273 g/mol. The number of ether oxygens (including phenoxy) is 1. The molecule has 0 atom stereocenters. The molecule has 0 aliphatic heterocycles. The number of aromatic nitrogens is 1. The Balaban J connectivity index is 2.23. The van der Waals surface area contributed by atoms with E-state index in [1.165, 1.54) is 17.7 Å². The number of rotatable bonds is 3. The lowest BCUT2D eigenvalue weighted by Gasteiger charge is -2.09. The Labute approximate surface area is 115 Å². The quantitative estimate of drug-likeness (QED) is 0.823. The number of carbonyl (C=O) groups excluding carboxylic acids is 1. The summed E-state index contributed by atoms with van der Waals surface area (Å²) in [5.41, 5.74) is 6.78. The van der Waals surface area contributed by atoms with Crippen LogP contribution >= 0.6 is 0 Å². The predicted molar refractivity (Wildman–Crippen MR) is 77.0 cm³/mol. The van der Waals surface area contributed by atoms with Gasteiger partial charge in [0.2, 0.25) is 0 Å². The number of nitrogens with one attached hydrogen (secondary N) is 1. The fourth-order valence-electron chi connectivity index (χ4n) is 1.68. The zero-order chi connectivity index (χ0) is 14.7. The van der Waals surface area contributed by atoms with Crippen LogP contribution in [0.4, 0.5) is 11.4 Å². The number of amides is 1. The second-order valence-corrected chi connectivity index (χ2v) is 4.28. The van der Waals surface area contributed by atoms with Gasteiger partial charge in [-0.3, -0.25) is 9.59 Å². The first-order valence-electron chi connectivity index (χ1n) is 5.93. The van der Waals surface area contributed by atoms with E-state index in [2.05, 4.69) is 5.32 Å². The Hall–Kier alpha value is -2.76. The van der Waals surface area contributed by atoms with Gasteiger partial charge in [0.25, 0.3) is 11.5 Å². The number of methoxy groups -OCH3 is 1. The molecule has 3 N–H and O–H groups in total. The van der Waals surface area contributed by atoms with Crippen molar-refractivity contribution in [2.75, 3.05) is 18.2 Å². The molecule has 1 amide bonds. The SMILES string of the molecule is COc1cc(NC(=O)c2ccn(C)c(=O)c2)ccc1N. The lowest BCUT2D eigenvalue weighted by atomic mass is 10.2. The van der Waals surface area contributed by atoms with E-state index in [1.54, 1.807) is 37.5 Å². The molecule has 1 aromatic carbocycles. The topological polar surface area (TPSA) is 86.3 Å². The molecule has 0 saturated carbocycles. The molecule has 104 valence electrons. The van der Waals surface area contributed by atoms with Crippen LogP contribution in [-0.2, 0) is 7.05 Å². The maximum absolute atomic E-state index is 12.0. The summed E-state index contributed by atoms with van der Waals surface area (Å²) in [6, 6.07) is 7.78. The molecule has 0 aliphatic carbocycles. The first kappa shape index (κ1) is 13.7. The molecular weight excluding hydrogens is 258 g/mol. The Kier molecular flexibility index (Phi) is 3.74. The number of pyridine rings is 1. The molecule has 1 aromatic heterocycles. The van der Waals surface area contributed by atoms with Crippen molar-refractivity contribution < 1.29 is 9.53 Å². The van der Waals surface area contributed by atoms with Crippen LogP contribution in [0.25, 0.3) is 0 Å². The van der Waals surface area contributed by atoms with Gasteiger partial charge in [-0.15, -0.1) is 0 Å². The number of hydrogen-bond donors (Lipinski definition) is 2. The molecule has 0 spiro atoms. The third kappa shape index (κ3) is 2.80. The molecule has 1 heterocycles. The second-order valence-electron chi connectivity index (χ2n) is 4.28. The van der Waals surface area contributed by atoms with Gasteiger partial charge in [0, 0.05) is 36.6 Å². The highest BCUT2D eigenvalue weighted by Gasteiger charge is 2.08. The van der Waals surface area contributed by atoms with Crippen LogP contribution in [-0.4, -0.2) is 17.6 Å². The maximum Gasteiger partial charge on any atom is 0.255 e. The molecule has 2 rings (SSSR count). The van der Waals surface area contributed by atoms with Crippen molar-refractivity contribution in [3.05, 3.63) is 52.4 Å². The third-order valence-electron chi connectivity index (χ3n) is 2.86. The minimum atomic E-state index is -0.366. The predicted octanol–water partition coefficient (Wildman–Crippen LogP) is 1.23. The summed E-state index contributed by atoms with van der Waals surface area (Å²) in [5, 5.41) is 2.68. The Morgan fingerprint density at radius 3 is 2.70 bits per heavy atom. The van der Waals surface area contributed by atoms with E-state index in [0.29, 0.717) is 22.7 Å². The fourth-order valence-corrected chi connectivity index (χ4v) is 1.68. The van der Waals surface area contributed by atoms with Crippen LogP contribution in [0.15, 0.2) is 41.3 Å². The number of nitrogen functional groups attached to an aromatic ring is 1. The molecule has 6 nitrogen and oxygen atoms in total. The van der Waals surface area contributed by atoms with Crippen molar-refractivity contribution in [1.29, 1.82) is 0 Å². The minimum Gasteiger partial charge on any atom is -0.495 e. The van der Waals surface area contributed by atoms with Gasteiger partial charge in [0.05, 0.1) is 12.8 Å². The number of carbonyl (C=O) groups is 1. The Morgan fingerprint density at radius 1 is 1.30 bits per heavy atom. The van der Waals surface area contributed by atoms with Gasteiger partial charge in [-0.1, -0.05) is 0 Å². The lowest BCUT2D eigenvalue weighted by molar-refractivity contribution is 0.102. The van der Waals surface area contributed by atoms with Gasteiger partial charge in [0.15, 0.2) is 0 Å². The number of anilines is 2. The zero-order valence-corrected chi connectivity index (χ0v) is 11.2. The van der Waals surface area contributed by atoms with Gasteiger partial charge in [0.1, 0.15) is 5.75 Å². The van der Waals surface area contributed by atoms with E-state index in [1.807, 2.05) is 0 Å². The highest BCUT2D eigenvalue weighted by molar-refractivity contribution is 6.04. The molecule has 0 saturated heterocycles. The number of nitrogens with two attached hydrogens (primary N) is 1. The Morgan fingerprint density at radius 2 is 2.05 bits per heavy atom. The Bertz CT molecular complexity index is 707. The van der Waals surface area contributed by atoms with Gasteiger partial charge in [-0.25, -0.2) is 0 Å². The van der Waals surface area contributed by atoms with E-state index >= 15 is 0 Å². The fraction of sp³-hybridized carbons (Fsp3) is 0.143. The van der Waals surface area contributed by atoms with Crippen LogP contribution in [0.1, 0.15) is 10.4 Å². The van der Waals surface area contributed by atoms with Crippen molar-refractivity contribution in [3.8, 4) is 5.75 Å². The average Bonchev–Trinajstić information content (AvgIpc) is 2.43. The van der Waals surface area contributed by atoms with Crippen molar-refractivity contribution in [1.82, 2.24) is 4.57 Å². The molecule has 20 heavy (non-hydrogen) atoms. The number of aryl methyl sites for hydroxylation is 1. The van der Waals surface area contributed by atoms with Crippen LogP contribution < -0.4 is 21.3 Å². The molecule has 0 fully saturated rings. The molecule has 0 aliphatic rings. The number of nitrogens with zero attached hydrogens (tertiary/aromatic N) is 1. The molecule has 0 bridgehead atoms. The molecule has 2 aromatic rings. The summed E-state index contributed by atoms with van der Waals surface area (Å²) in [5.74, 6) is 0.112. The standard InChI is InChI=1S/C14H15N3O3/c1-17-6-5-9(7-13(17)18)14(19)16-10-3-4-11(15)12(8-10)20-2/h3-8H,15H2,1-2H3,(H,16,19). The van der Waals surface area contributed by atoms with Gasteiger partial charge < -0.3 is 20.4 Å². The molecule has 0 radical (unpaired) electrons. The zero-order valence-electron chi connectivity index (χ0n) is 11.2. The van der Waals surface area contributed by atoms with E-state index in [4.69, 9.17) is 10.5 Å². The van der Waals surface area contributed by atoms with Crippen LogP contribution in [0.2, 0.25) is 0 Å². The normalized spacial score (nSPS) is 10.1. The van der Waals surface area contributed by atoms with E-state index < -0.39 is 0 Å². The summed E-state index contributed by atoms with van der Waals surface area (Å²) in [7, 11) is 3.12. The molecular formula is C14H15N3O3. The third-order valence-corrected chi connectivity index (χ3v) is 2.86. The summed E-state index contributed by atoms with van der Waals surface area (Å²) < 4.78 is 6.47. The van der Waals surface area contributed by atoms with Crippen LogP contribution in [0.5, 0.6) is 5.75 Å². The van der Waals surface area contributed by atoms with E-state index in [-0.39, 0.29) is 11.5 Å². The first-order valence-corrected chi connectivity index (χ1v) is 5.93. The largest absolute Gasteiger partial charge is 0.495 e. The van der Waals surface area contributed by atoms with Crippen molar-refractivity contribution in [3.63, 3.8) is 0 Å². The molecule has 6 heteroatoms. The number of benzene rings is 1. The second kappa shape index (κ2) is 5.48. The van der Waals surface area contributed by atoms with E-state index in [9.17, 15) is 9.59 Å². The van der Waals surface area contributed by atoms with Crippen LogP contribution in [0.3, 0.4) is 0 Å². The van der Waals surface area contributed by atoms with Gasteiger partial charge in [-0.2, -0.15) is 0 Å². The first-order chi connectivity index (χ1) is 9.51. The monoisotopic (exact) mass is 273 g/mol. The maximum atomic E-state index is 12.0. The van der Waals surface area contributed by atoms with E-state index in [0.717, 1.165) is 0 Å². The van der Waals surface area contributed by atoms with Gasteiger partial charge in [-0.05, 0) is 18.2 Å². The molecule has 0 unspecified atom stereocenters. The summed E-state index contributed by atoms with van der Waals surface area (Å²) >= 11 is 0. The summed E-state index contributed by atoms with van der Waals surface area (Å²) in [6.07, 6.45) is 1.54. The summed E-state index contributed by atoms with van der Waals surface area (Å²) in [6.45, 7) is 0. The van der Waals surface area contributed by atoms with Crippen molar-refractivity contribution in [2.24, 2.45) is 7.05 Å². The van der Waals surface area contributed by atoms with Gasteiger partial charge >= 0.3 is 0 Å². The van der Waals surface area contributed by atoms with Crippen molar-refractivity contribution >= 4 is 17.3 Å². The minimum absolute atomic E-state index is 0.243. The van der Waals surface area contributed by atoms with Crippen molar-refractivity contribution in [2.45, 2.75) is 0 Å². The lowest BCUT2D eigenvalue weighted by Crippen LogP contribution is -2.20. The smallest absolute Gasteiger partial charge is 0.255 e. The van der Waals surface area contributed by atoms with Crippen LogP contribution in [0, 0.1) is 0 Å².